The number of hydrogen-bond acceptors (Lipinski definition) is 8. The van der Waals surface area contributed by atoms with Crippen molar-refractivity contribution in [3.8, 4) is 22.8 Å². The fourth-order valence-corrected chi connectivity index (χ4v) is 4.13. The number of aromatic nitrogens is 1. The maximum atomic E-state index is 12.1. The summed E-state index contributed by atoms with van der Waals surface area (Å²) >= 11 is 1.54. The van der Waals surface area contributed by atoms with E-state index in [1.165, 1.54) is 0 Å². The van der Waals surface area contributed by atoms with Gasteiger partial charge in [0.25, 0.3) is 5.91 Å². The Balaban J connectivity index is 1.41. The summed E-state index contributed by atoms with van der Waals surface area (Å²) < 4.78 is 16.0. The van der Waals surface area contributed by atoms with Crippen LogP contribution in [0.25, 0.3) is 11.3 Å². The van der Waals surface area contributed by atoms with Crippen LogP contribution in [-0.4, -0.2) is 57.1 Å². The second kappa shape index (κ2) is 10.7. The molecular weight excluding hydrogens is 428 g/mol. The van der Waals surface area contributed by atoms with E-state index in [1.54, 1.807) is 48.9 Å². The highest BCUT2D eigenvalue weighted by molar-refractivity contribution is 7.17. The molecule has 4 rings (SSSR count). The largest absolute Gasteiger partial charge is 0.497 e. The molecule has 1 N–H and O–H groups in total. The molecule has 1 saturated heterocycles. The van der Waals surface area contributed by atoms with Gasteiger partial charge in [-0.2, -0.15) is 5.10 Å². The highest BCUT2D eigenvalue weighted by Gasteiger charge is 2.18. The van der Waals surface area contributed by atoms with Crippen LogP contribution < -0.4 is 19.8 Å². The summed E-state index contributed by atoms with van der Waals surface area (Å²) in [6.45, 7) is 2.84. The van der Waals surface area contributed by atoms with Crippen molar-refractivity contribution in [3.63, 3.8) is 0 Å². The molecule has 0 spiro atoms. The van der Waals surface area contributed by atoms with E-state index < -0.39 is 0 Å². The summed E-state index contributed by atoms with van der Waals surface area (Å²) in [5.41, 5.74) is 4.35. The van der Waals surface area contributed by atoms with E-state index >= 15 is 0 Å². The van der Waals surface area contributed by atoms with Crippen LogP contribution in [0.2, 0.25) is 0 Å². The summed E-state index contributed by atoms with van der Waals surface area (Å²) in [5, 5.41) is 5.05. The number of thiazole rings is 1. The standard InChI is InChI=1S/C23H24N4O4S/c1-29-18-7-9-19(10-8-18)31-16-21(28)26-24-15-20-22(17-5-3-2-4-6-17)25-23(32-20)27-11-13-30-14-12-27/h2-10,15H,11-14,16H2,1H3,(H,26,28). The first-order chi connectivity index (χ1) is 15.7. The molecule has 0 atom stereocenters. The minimum absolute atomic E-state index is 0.142. The normalized spacial score (nSPS) is 13.8. The Morgan fingerprint density at radius 1 is 1.16 bits per heavy atom. The van der Waals surface area contributed by atoms with E-state index in [-0.39, 0.29) is 12.5 Å². The molecule has 1 amide bonds. The van der Waals surface area contributed by atoms with Gasteiger partial charge < -0.3 is 19.1 Å². The molecular formula is C23H24N4O4S. The van der Waals surface area contributed by atoms with E-state index in [0.29, 0.717) is 19.0 Å². The zero-order valence-corrected chi connectivity index (χ0v) is 18.5. The SMILES string of the molecule is COc1ccc(OCC(=O)NN=Cc2sc(N3CCOCC3)nc2-c2ccccc2)cc1. The minimum atomic E-state index is -0.351. The number of nitrogens with one attached hydrogen (secondary N) is 1. The van der Waals surface area contributed by atoms with Crippen molar-refractivity contribution in [3.05, 3.63) is 59.5 Å². The van der Waals surface area contributed by atoms with Gasteiger partial charge in [-0.3, -0.25) is 4.79 Å². The number of hydrogen-bond donors (Lipinski definition) is 1. The molecule has 1 fully saturated rings. The summed E-state index contributed by atoms with van der Waals surface area (Å²) in [5.74, 6) is 0.951. The number of benzene rings is 2. The van der Waals surface area contributed by atoms with Crippen molar-refractivity contribution in [2.75, 3.05) is 44.9 Å². The maximum Gasteiger partial charge on any atom is 0.277 e. The zero-order chi connectivity index (χ0) is 22.2. The second-order valence-electron chi connectivity index (χ2n) is 6.93. The number of ether oxygens (including phenoxy) is 3. The van der Waals surface area contributed by atoms with Crippen LogP contribution in [-0.2, 0) is 9.53 Å². The first kappa shape index (κ1) is 21.8. The first-order valence-electron chi connectivity index (χ1n) is 10.2. The van der Waals surface area contributed by atoms with E-state index in [1.807, 2.05) is 30.3 Å². The maximum absolute atomic E-state index is 12.1. The number of anilines is 1. The Morgan fingerprint density at radius 3 is 2.59 bits per heavy atom. The Bertz CT molecular complexity index is 1050. The molecule has 0 aliphatic carbocycles. The van der Waals surface area contributed by atoms with Crippen LogP contribution in [0.4, 0.5) is 5.13 Å². The van der Waals surface area contributed by atoms with Crippen LogP contribution in [0.5, 0.6) is 11.5 Å². The fraction of sp³-hybridized carbons (Fsp3) is 0.261. The number of amides is 1. The summed E-state index contributed by atoms with van der Waals surface area (Å²) in [6, 6.07) is 17.0. The van der Waals surface area contributed by atoms with Crippen molar-refractivity contribution >= 4 is 28.6 Å². The van der Waals surface area contributed by atoms with Gasteiger partial charge in [0.15, 0.2) is 11.7 Å². The molecule has 1 aliphatic heterocycles. The van der Waals surface area contributed by atoms with Gasteiger partial charge in [-0.05, 0) is 24.3 Å². The molecule has 8 nitrogen and oxygen atoms in total. The molecule has 1 aliphatic rings. The number of morpholine rings is 1. The highest BCUT2D eigenvalue weighted by atomic mass is 32.1. The summed E-state index contributed by atoms with van der Waals surface area (Å²) in [6.07, 6.45) is 1.63. The van der Waals surface area contributed by atoms with Crippen LogP contribution in [0.3, 0.4) is 0 Å². The van der Waals surface area contributed by atoms with Gasteiger partial charge in [-0.1, -0.05) is 41.7 Å². The molecule has 1 aromatic heterocycles. The molecule has 0 saturated carbocycles. The average Bonchev–Trinajstić information content (AvgIpc) is 3.28. The number of hydrazone groups is 1. The number of rotatable bonds is 8. The van der Waals surface area contributed by atoms with Gasteiger partial charge in [0, 0.05) is 18.7 Å². The van der Waals surface area contributed by atoms with Crippen LogP contribution in [0, 0.1) is 0 Å². The topological polar surface area (TPSA) is 85.3 Å². The van der Waals surface area contributed by atoms with Gasteiger partial charge in [0.2, 0.25) is 0 Å². The average molecular weight is 453 g/mol. The Kier molecular flexibility index (Phi) is 7.31. The predicted molar refractivity (Wildman–Crippen MR) is 125 cm³/mol. The molecule has 0 bridgehead atoms. The van der Waals surface area contributed by atoms with Gasteiger partial charge >= 0.3 is 0 Å². The van der Waals surface area contributed by atoms with Crippen LogP contribution in [0.15, 0.2) is 59.7 Å². The molecule has 2 heterocycles. The lowest BCUT2D eigenvalue weighted by molar-refractivity contribution is -0.123. The van der Waals surface area contributed by atoms with Gasteiger partial charge in [-0.25, -0.2) is 10.4 Å². The fourth-order valence-electron chi connectivity index (χ4n) is 3.12. The number of methoxy groups -OCH3 is 1. The lowest BCUT2D eigenvalue weighted by atomic mass is 10.1. The summed E-state index contributed by atoms with van der Waals surface area (Å²) in [4.78, 5) is 20.0. The van der Waals surface area contributed by atoms with E-state index in [2.05, 4.69) is 15.4 Å². The smallest absolute Gasteiger partial charge is 0.277 e. The molecule has 2 aromatic carbocycles. The lowest BCUT2D eigenvalue weighted by Crippen LogP contribution is -2.36. The van der Waals surface area contributed by atoms with Crippen LogP contribution in [0.1, 0.15) is 4.88 Å². The lowest BCUT2D eigenvalue weighted by Gasteiger charge is -2.26. The van der Waals surface area contributed by atoms with Crippen molar-refractivity contribution in [2.24, 2.45) is 5.10 Å². The third-order valence-corrected chi connectivity index (χ3v) is 5.82. The molecule has 0 unspecified atom stereocenters. The molecule has 0 radical (unpaired) electrons. The van der Waals surface area contributed by atoms with Gasteiger partial charge in [-0.15, -0.1) is 0 Å². The number of nitrogens with zero attached hydrogens (tertiary/aromatic N) is 3. The summed E-state index contributed by atoms with van der Waals surface area (Å²) in [7, 11) is 1.59. The minimum Gasteiger partial charge on any atom is -0.497 e. The van der Waals surface area contributed by atoms with E-state index in [9.17, 15) is 4.79 Å². The van der Waals surface area contributed by atoms with Crippen molar-refractivity contribution in [1.29, 1.82) is 0 Å². The molecule has 9 heteroatoms. The predicted octanol–water partition coefficient (Wildman–Crippen LogP) is 3.18. The second-order valence-corrected chi connectivity index (χ2v) is 7.94. The Hall–Kier alpha value is -3.43. The Labute approximate surface area is 190 Å². The zero-order valence-electron chi connectivity index (χ0n) is 17.7. The van der Waals surface area contributed by atoms with Crippen LogP contribution >= 0.6 is 11.3 Å². The number of carbonyl (C=O) groups is 1. The van der Waals surface area contributed by atoms with Gasteiger partial charge in [0.05, 0.1) is 37.1 Å². The van der Waals surface area contributed by atoms with E-state index in [0.717, 1.165) is 40.1 Å². The van der Waals surface area contributed by atoms with Gasteiger partial charge in [0.1, 0.15) is 11.5 Å². The monoisotopic (exact) mass is 452 g/mol. The third-order valence-electron chi connectivity index (χ3n) is 4.77. The first-order valence-corrected chi connectivity index (χ1v) is 11.0. The Morgan fingerprint density at radius 2 is 1.88 bits per heavy atom. The quantitative estimate of drug-likeness (QED) is 0.417. The third kappa shape index (κ3) is 5.63. The molecule has 3 aromatic rings. The van der Waals surface area contributed by atoms with E-state index in [4.69, 9.17) is 19.2 Å². The number of carbonyl (C=O) groups excluding carboxylic acids is 1. The van der Waals surface area contributed by atoms with Crippen molar-refractivity contribution in [2.45, 2.75) is 0 Å². The van der Waals surface area contributed by atoms with Crippen molar-refractivity contribution < 1.29 is 19.0 Å². The van der Waals surface area contributed by atoms with Crippen molar-refractivity contribution in [1.82, 2.24) is 10.4 Å². The molecule has 166 valence electrons. The highest BCUT2D eigenvalue weighted by Crippen LogP contribution is 2.32. The molecule has 32 heavy (non-hydrogen) atoms.